The number of ether oxygens (including phenoxy) is 2. The van der Waals surface area contributed by atoms with E-state index in [1.165, 1.54) is 128 Å². The van der Waals surface area contributed by atoms with Crippen LogP contribution in [0.15, 0.2) is 72.9 Å². The summed E-state index contributed by atoms with van der Waals surface area (Å²) in [5.74, 6) is -0.212. The summed E-state index contributed by atoms with van der Waals surface area (Å²) >= 11 is 0. The summed E-state index contributed by atoms with van der Waals surface area (Å²) in [6.07, 6.45) is 62.5. The minimum atomic E-state index is -0.544. The van der Waals surface area contributed by atoms with Crippen molar-refractivity contribution in [2.24, 2.45) is 0 Å². The van der Waals surface area contributed by atoms with E-state index in [4.69, 9.17) is 9.47 Å². The van der Waals surface area contributed by atoms with E-state index >= 15 is 0 Å². The van der Waals surface area contributed by atoms with Crippen LogP contribution in [0.3, 0.4) is 0 Å². The molecule has 4 nitrogen and oxygen atoms in total. The Labute approximate surface area is 329 Å². The van der Waals surface area contributed by atoms with Gasteiger partial charge in [0.25, 0.3) is 0 Å². The van der Waals surface area contributed by atoms with E-state index in [0.29, 0.717) is 13.0 Å². The smallest absolute Gasteiger partial charge is 0.306 e. The topological polar surface area (TPSA) is 55.8 Å². The Balaban J connectivity index is 3.46. The fourth-order valence-electron chi connectivity index (χ4n) is 6.17. The first kappa shape index (κ1) is 50.8. The van der Waals surface area contributed by atoms with Crippen LogP contribution in [0, 0.1) is 0 Å². The molecule has 0 aromatic rings. The molecular formula is C49H86O4. The van der Waals surface area contributed by atoms with Gasteiger partial charge >= 0.3 is 5.97 Å². The van der Waals surface area contributed by atoms with Gasteiger partial charge in [-0.2, -0.15) is 0 Å². The van der Waals surface area contributed by atoms with Crippen molar-refractivity contribution in [1.82, 2.24) is 0 Å². The zero-order valence-electron chi connectivity index (χ0n) is 35.0. The lowest BCUT2D eigenvalue weighted by Crippen LogP contribution is -2.27. The zero-order valence-corrected chi connectivity index (χ0v) is 35.0. The fraction of sp³-hybridized carbons (Fsp3) is 0.735. The second-order valence-electron chi connectivity index (χ2n) is 14.7. The molecule has 0 aromatic heterocycles. The van der Waals surface area contributed by atoms with E-state index in [0.717, 1.165) is 57.8 Å². The highest BCUT2D eigenvalue weighted by molar-refractivity contribution is 5.69. The van der Waals surface area contributed by atoms with Crippen LogP contribution in [0.4, 0.5) is 0 Å². The average molecular weight is 739 g/mol. The second kappa shape index (κ2) is 46.0. The SMILES string of the molecule is CC/C=C\C/C=C\C/C=C\C/C=C\C/C=C\CCCCCCCCCCCCOCC(CO)OC(=O)CCCCCCC/C=C\CCCCCCCC. The molecule has 1 atom stereocenters. The molecule has 0 radical (unpaired) electrons. The Morgan fingerprint density at radius 3 is 1.30 bits per heavy atom. The second-order valence-corrected chi connectivity index (χ2v) is 14.7. The van der Waals surface area contributed by atoms with Crippen LogP contribution in [0.1, 0.15) is 206 Å². The molecule has 1 unspecified atom stereocenters. The van der Waals surface area contributed by atoms with Crippen molar-refractivity contribution in [3.63, 3.8) is 0 Å². The number of hydrogen-bond donors (Lipinski definition) is 1. The molecule has 0 bridgehead atoms. The Hall–Kier alpha value is -2.17. The largest absolute Gasteiger partial charge is 0.457 e. The highest BCUT2D eigenvalue weighted by atomic mass is 16.6. The summed E-state index contributed by atoms with van der Waals surface area (Å²) in [5.41, 5.74) is 0. The number of aliphatic hydroxyl groups excluding tert-OH is 1. The lowest BCUT2D eigenvalue weighted by atomic mass is 10.1. The number of carbonyl (C=O) groups excluding carboxylic acids is 1. The summed E-state index contributed by atoms with van der Waals surface area (Å²) in [5, 5.41) is 9.61. The Morgan fingerprint density at radius 2 is 0.849 bits per heavy atom. The van der Waals surface area contributed by atoms with Gasteiger partial charge in [-0.25, -0.2) is 0 Å². The Bertz CT molecular complexity index is 911. The van der Waals surface area contributed by atoms with Crippen molar-refractivity contribution in [3.05, 3.63) is 72.9 Å². The molecule has 0 heterocycles. The summed E-state index contributed by atoms with van der Waals surface area (Å²) in [6.45, 7) is 5.21. The molecule has 0 amide bonds. The van der Waals surface area contributed by atoms with Crippen molar-refractivity contribution >= 4 is 5.97 Å². The van der Waals surface area contributed by atoms with Gasteiger partial charge in [0.2, 0.25) is 0 Å². The molecule has 306 valence electrons. The lowest BCUT2D eigenvalue weighted by Gasteiger charge is -2.15. The minimum absolute atomic E-state index is 0.179. The van der Waals surface area contributed by atoms with Crippen LogP contribution in [0.2, 0.25) is 0 Å². The number of carbonyl (C=O) groups is 1. The molecule has 0 saturated carbocycles. The number of hydrogen-bond acceptors (Lipinski definition) is 4. The molecule has 0 aliphatic heterocycles. The van der Waals surface area contributed by atoms with Crippen LogP contribution < -0.4 is 0 Å². The molecule has 4 heteroatoms. The predicted molar refractivity (Wildman–Crippen MR) is 232 cm³/mol. The molecule has 0 aliphatic rings. The predicted octanol–water partition coefficient (Wildman–Crippen LogP) is 15.0. The number of rotatable bonds is 41. The van der Waals surface area contributed by atoms with Gasteiger partial charge in [0, 0.05) is 13.0 Å². The number of aliphatic hydroxyl groups is 1. The molecule has 1 N–H and O–H groups in total. The first-order valence-corrected chi connectivity index (χ1v) is 22.5. The van der Waals surface area contributed by atoms with Gasteiger partial charge in [0.05, 0.1) is 13.2 Å². The van der Waals surface area contributed by atoms with Gasteiger partial charge in [-0.05, 0) is 83.5 Å². The van der Waals surface area contributed by atoms with E-state index < -0.39 is 6.10 Å². The van der Waals surface area contributed by atoms with E-state index in [1.807, 2.05) is 0 Å². The van der Waals surface area contributed by atoms with Crippen LogP contribution >= 0.6 is 0 Å². The first-order chi connectivity index (χ1) is 26.2. The molecular weight excluding hydrogens is 653 g/mol. The average Bonchev–Trinajstić information content (AvgIpc) is 3.16. The van der Waals surface area contributed by atoms with E-state index in [-0.39, 0.29) is 19.2 Å². The van der Waals surface area contributed by atoms with Gasteiger partial charge in [-0.3, -0.25) is 4.79 Å². The van der Waals surface area contributed by atoms with Crippen LogP contribution in [0.25, 0.3) is 0 Å². The molecule has 53 heavy (non-hydrogen) atoms. The molecule has 0 aromatic carbocycles. The maximum Gasteiger partial charge on any atom is 0.306 e. The number of allylic oxidation sites excluding steroid dienone is 12. The zero-order chi connectivity index (χ0) is 38.4. The van der Waals surface area contributed by atoms with Crippen molar-refractivity contribution in [3.8, 4) is 0 Å². The van der Waals surface area contributed by atoms with Crippen molar-refractivity contribution in [2.45, 2.75) is 213 Å². The van der Waals surface area contributed by atoms with Gasteiger partial charge in [0.1, 0.15) is 6.10 Å². The minimum Gasteiger partial charge on any atom is -0.457 e. The first-order valence-electron chi connectivity index (χ1n) is 22.5. The number of unbranched alkanes of at least 4 members (excludes halogenated alkanes) is 21. The Morgan fingerprint density at radius 1 is 0.472 bits per heavy atom. The maximum atomic E-state index is 12.2. The summed E-state index contributed by atoms with van der Waals surface area (Å²) in [7, 11) is 0. The monoisotopic (exact) mass is 739 g/mol. The van der Waals surface area contributed by atoms with Crippen LogP contribution in [0.5, 0.6) is 0 Å². The van der Waals surface area contributed by atoms with Gasteiger partial charge in [-0.1, -0.05) is 189 Å². The van der Waals surface area contributed by atoms with E-state index in [1.54, 1.807) is 0 Å². The van der Waals surface area contributed by atoms with Gasteiger partial charge in [-0.15, -0.1) is 0 Å². The highest BCUT2D eigenvalue weighted by Gasteiger charge is 2.13. The fourth-order valence-corrected chi connectivity index (χ4v) is 6.17. The lowest BCUT2D eigenvalue weighted by molar-refractivity contribution is -0.154. The maximum absolute atomic E-state index is 12.2. The van der Waals surface area contributed by atoms with Crippen molar-refractivity contribution in [2.75, 3.05) is 19.8 Å². The Kier molecular flexibility index (Phi) is 44.1. The molecule has 0 rings (SSSR count). The molecule has 0 aliphatic carbocycles. The van der Waals surface area contributed by atoms with Crippen molar-refractivity contribution < 1.29 is 19.4 Å². The summed E-state index contributed by atoms with van der Waals surface area (Å²) in [4.78, 5) is 12.2. The molecule has 0 saturated heterocycles. The third-order valence-corrected chi connectivity index (χ3v) is 9.52. The molecule has 0 spiro atoms. The van der Waals surface area contributed by atoms with Crippen molar-refractivity contribution in [1.29, 1.82) is 0 Å². The third kappa shape index (κ3) is 44.1. The normalized spacial score (nSPS) is 13.0. The molecule has 0 fully saturated rings. The van der Waals surface area contributed by atoms with Gasteiger partial charge in [0.15, 0.2) is 0 Å². The standard InChI is InChI=1S/C49H86O4/c1-3-5-7-9-11-13-15-17-19-20-21-22-23-24-25-26-27-28-29-31-33-35-37-39-41-43-45-52-47-48(46-50)53-49(51)44-42-40-38-36-34-32-30-18-16-14-12-10-8-6-4-2/h5,7,11,13,17-19,21-22,24-25,30,48,50H,3-4,6,8-10,12,14-16,20,23,26-29,31-47H2,1-2H3/b7-5-,13-11-,19-17-,22-21-,25-24-,30-18-. The number of esters is 1. The van der Waals surface area contributed by atoms with E-state index in [9.17, 15) is 9.90 Å². The van der Waals surface area contributed by atoms with Crippen LogP contribution in [-0.4, -0.2) is 37.0 Å². The third-order valence-electron chi connectivity index (χ3n) is 9.52. The highest BCUT2D eigenvalue weighted by Crippen LogP contribution is 2.13. The van der Waals surface area contributed by atoms with Crippen LogP contribution in [-0.2, 0) is 14.3 Å². The summed E-state index contributed by atoms with van der Waals surface area (Å²) < 4.78 is 11.2. The summed E-state index contributed by atoms with van der Waals surface area (Å²) in [6, 6.07) is 0. The quantitative estimate of drug-likeness (QED) is 0.0385. The van der Waals surface area contributed by atoms with E-state index in [2.05, 4.69) is 86.8 Å². The van der Waals surface area contributed by atoms with Gasteiger partial charge < -0.3 is 14.6 Å².